The molecular weight excluding hydrogens is 288 g/mol. The summed E-state index contributed by atoms with van der Waals surface area (Å²) >= 11 is 5.94. The second kappa shape index (κ2) is 5.97. The third-order valence-electron chi connectivity index (χ3n) is 2.71. The van der Waals surface area contributed by atoms with Crippen molar-refractivity contribution in [3.8, 4) is 17.4 Å². The van der Waals surface area contributed by atoms with E-state index < -0.39 is 12.3 Å². The number of hydrogen-bond acceptors (Lipinski definition) is 4. The van der Waals surface area contributed by atoms with Crippen LogP contribution in [0, 0.1) is 17.2 Å². The van der Waals surface area contributed by atoms with Gasteiger partial charge in [0.05, 0.1) is 11.8 Å². The highest BCUT2D eigenvalue weighted by molar-refractivity contribution is 6.32. The molecule has 20 heavy (non-hydrogen) atoms. The maximum Gasteiger partial charge on any atom is 0.241 e. The number of alkyl halides is 2. The van der Waals surface area contributed by atoms with E-state index in [4.69, 9.17) is 21.3 Å². The zero-order chi connectivity index (χ0) is 14.7. The van der Waals surface area contributed by atoms with E-state index in [1.54, 1.807) is 6.07 Å². The molecule has 2 heterocycles. The maximum atomic E-state index is 12.5. The molecule has 1 atom stereocenters. The number of halogens is 3. The molecule has 1 unspecified atom stereocenters. The highest BCUT2D eigenvalue weighted by Gasteiger charge is 2.19. The van der Waals surface area contributed by atoms with Gasteiger partial charge in [-0.1, -0.05) is 18.5 Å². The zero-order valence-electron chi connectivity index (χ0n) is 10.5. The van der Waals surface area contributed by atoms with Gasteiger partial charge < -0.3 is 4.42 Å². The van der Waals surface area contributed by atoms with Crippen molar-refractivity contribution in [3.05, 3.63) is 35.1 Å². The van der Waals surface area contributed by atoms with Gasteiger partial charge in [0.15, 0.2) is 11.7 Å². The van der Waals surface area contributed by atoms with Crippen molar-refractivity contribution in [1.82, 2.24) is 9.97 Å². The fraction of sp³-hybridized carbons (Fsp3) is 0.308. The molecule has 0 amide bonds. The van der Waals surface area contributed by atoms with Gasteiger partial charge in [-0.15, -0.1) is 0 Å². The van der Waals surface area contributed by atoms with Crippen molar-refractivity contribution < 1.29 is 13.2 Å². The summed E-state index contributed by atoms with van der Waals surface area (Å²) in [6.07, 6.45) is -0.980. The Morgan fingerprint density at radius 2 is 2.20 bits per heavy atom. The Kier molecular flexibility index (Phi) is 4.30. The van der Waals surface area contributed by atoms with Gasteiger partial charge in [-0.2, -0.15) is 5.26 Å². The predicted molar refractivity (Wildman–Crippen MR) is 68.3 cm³/mol. The summed E-state index contributed by atoms with van der Waals surface area (Å²) in [4.78, 5) is 7.81. The third kappa shape index (κ3) is 3.11. The van der Waals surface area contributed by atoms with Crippen LogP contribution in [0.5, 0.6) is 0 Å². The Labute approximate surface area is 119 Å². The highest BCUT2D eigenvalue weighted by Crippen LogP contribution is 2.28. The standard InChI is InChI=1S/C13H10ClF2N3O/c1-7(13(15)16)4-11-18-6-10(20-11)9-3-2-8(5-17)19-12(9)14/h2-3,6-7,13H,4H2,1H3. The average Bonchev–Trinajstić information content (AvgIpc) is 2.86. The van der Waals surface area contributed by atoms with Gasteiger partial charge in [0.25, 0.3) is 0 Å². The van der Waals surface area contributed by atoms with E-state index in [0.29, 0.717) is 11.3 Å². The monoisotopic (exact) mass is 297 g/mol. The Bertz CT molecular complexity index is 651. The lowest BCUT2D eigenvalue weighted by Crippen LogP contribution is -2.09. The van der Waals surface area contributed by atoms with Crippen LogP contribution in [-0.2, 0) is 6.42 Å². The number of nitrogens with zero attached hydrogens (tertiary/aromatic N) is 3. The normalized spacial score (nSPS) is 12.4. The van der Waals surface area contributed by atoms with Crippen molar-refractivity contribution in [2.45, 2.75) is 19.8 Å². The van der Waals surface area contributed by atoms with Crippen LogP contribution >= 0.6 is 11.6 Å². The average molecular weight is 298 g/mol. The molecule has 0 aliphatic heterocycles. The van der Waals surface area contributed by atoms with Gasteiger partial charge in [-0.05, 0) is 12.1 Å². The SMILES string of the molecule is CC(Cc1ncc(-c2ccc(C#N)nc2Cl)o1)C(F)F. The van der Waals surface area contributed by atoms with E-state index in [1.807, 2.05) is 6.07 Å². The summed E-state index contributed by atoms with van der Waals surface area (Å²) in [5.41, 5.74) is 0.652. The Hall–Kier alpha value is -2.00. The molecule has 0 N–H and O–H groups in total. The van der Waals surface area contributed by atoms with E-state index in [-0.39, 0.29) is 23.2 Å². The first-order valence-electron chi connectivity index (χ1n) is 5.81. The van der Waals surface area contributed by atoms with Crippen LogP contribution in [0.1, 0.15) is 18.5 Å². The molecule has 7 heteroatoms. The first-order chi connectivity index (χ1) is 9.51. The second-order valence-electron chi connectivity index (χ2n) is 4.28. The van der Waals surface area contributed by atoms with E-state index in [0.717, 1.165) is 0 Å². The van der Waals surface area contributed by atoms with E-state index in [9.17, 15) is 8.78 Å². The number of oxazole rings is 1. The van der Waals surface area contributed by atoms with Crippen LogP contribution < -0.4 is 0 Å². The molecule has 0 fully saturated rings. The van der Waals surface area contributed by atoms with Gasteiger partial charge in [-0.3, -0.25) is 0 Å². The lowest BCUT2D eigenvalue weighted by molar-refractivity contribution is 0.0831. The van der Waals surface area contributed by atoms with Crippen molar-refractivity contribution >= 4 is 11.6 Å². The lowest BCUT2D eigenvalue weighted by atomic mass is 10.1. The summed E-state index contributed by atoms with van der Waals surface area (Å²) < 4.78 is 30.3. The summed E-state index contributed by atoms with van der Waals surface area (Å²) in [5, 5.41) is 8.81. The number of aromatic nitrogens is 2. The van der Waals surface area contributed by atoms with Crippen LogP contribution in [0.15, 0.2) is 22.7 Å². The number of rotatable bonds is 4. The van der Waals surface area contributed by atoms with Crippen LogP contribution in [0.25, 0.3) is 11.3 Å². The fourth-order valence-corrected chi connectivity index (χ4v) is 1.82. The third-order valence-corrected chi connectivity index (χ3v) is 3.00. The molecular formula is C13H10ClF2N3O. The van der Waals surface area contributed by atoms with E-state index in [2.05, 4.69) is 9.97 Å². The quantitative estimate of drug-likeness (QED) is 0.807. The van der Waals surface area contributed by atoms with Gasteiger partial charge in [-0.25, -0.2) is 18.7 Å². The van der Waals surface area contributed by atoms with Gasteiger partial charge >= 0.3 is 0 Å². The first-order valence-corrected chi connectivity index (χ1v) is 6.19. The van der Waals surface area contributed by atoms with Crippen LogP contribution in [0.3, 0.4) is 0 Å². The molecule has 0 aromatic carbocycles. The minimum atomic E-state index is -2.43. The largest absolute Gasteiger partial charge is 0.441 e. The summed E-state index contributed by atoms with van der Waals surface area (Å²) in [5.74, 6) is -0.284. The topological polar surface area (TPSA) is 62.7 Å². The highest BCUT2D eigenvalue weighted by atomic mass is 35.5. The second-order valence-corrected chi connectivity index (χ2v) is 4.64. The molecule has 2 aromatic heterocycles. The van der Waals surface area contributed by atoms with Crippen molar-refractivity contribution in [3.63, 3.8) is 0 Å². The maximum absolute atomic E-state index is 12.5. The molecule has 0 aliphatic carbocycles. The predicted octanol–water partition coefficient (Wildman–Crippen LogP) is 3.71. The molecule has 4 nitrogen and oxygen atoms in total. The molecule has 0 radical (unpaired) electrons. The van der Waals surface area contributed by atoms with Crippen LogP contribution in [0.2, 0.25) is 5.15 Å². The lowest BCUT2D eigenvalue weighted by Gasteiger charge is -2.06. The molecule has 0 saturated heterocycles. The van der Waals surface area contributed by atoms with Gasteiger partial charge in [0, 0.05) is 12.3 Å². The van der Waals surface area contributed by atoms with Crippen molar-refractivity contribution in [1.29, 1.82) is 5.26 Å². The van der Waals surface area contributed by atoms with Gasteiger partial charge in [0.2, 0.25) is 6.43 Å². The van der Waals surface area contributed by atoms with Crippen LogP contribution in [-0.4, -0.2) is 16.4 Å². The molecule has 0 bridgehead atoms. The minimum Gasteiger partial charge on any atom is -0.441 e. The summed E-state index contributed by atoms with van der Waals surface area (Å²) in [7, 11) is 0. The summed E-state index contributed by atoms with van der Waals surface area (Å²) in [6.45, 7) is 1.42. The smallest absolute Gasteiger partial charge is 0.241 e. The van der Waals surface area contributed by atoms with Gasteiger partial charge in [0.1, 0.15) is 16.9 Å². The molecule has 0 spiro atoms. The van der Waals surface area contributed by atoms with Crippen molar-refractivity contribution in [2.24, 2.45) is 5.92 Å². The Balaban J connectivity index is 2.23. The molecule has 0 aliphatic rings. The molecule has 2 aromatic rings. The van der Waals surface area contributed by atoms with E-state index >= 15 is 0 Å². The van der Waals surface area contributed by atoms with E-state index in [1.165, 1.54) is 19.2 Å². The number of nitriles is 1. The first kappa shape index (κ1) is 14.4. The molecule has 104 valence electrons. The fourth-order valence-electron chi connectivity index (χ4n) is 1.57. The minimum absolute atomic E-state index is 0.0407. The number of pyridine rings is 1. The van der Waals surface area contributed by atoms with Crippen molar-refractivity contribution in [2.75, 3.05) is 0 Å². The molecule has 2 rings (SSSR count). The zero-order valence-corrected chi connectivity index (χ0v) is 11.2. The Morgan fingerprint density at radius 3 is 2.80 bits per heavy atom. The van der Waals surface area contributed by atoms with Crippen LogP contribution in [0.4, 0.5) is 8.78 Å². The Morgan fingerprint density at radius 1 is 1.45 bits per heavy atom. The number of hydrogen-bond donors (Lipinski definition) is 0. The molecule has 0 saturated carbocycles. The summed E-state index contributed by atoms with van der Waals surface area (Å²) in [6, 6.07) is 4.93.